The van der Waals surface area contributed by atoms with Crippen molar-refractivity contribution in [3.05, 3.63) is 53.8 Å². The molecule has 0 spiro atoms. The Morgan fingerprint density at radius 1 is 1.11 bits per heavy atom. The summed E-state index contributed by atoms with van der Waals surface area (Å²) in [5, 5.41) is 8.80. The largest absolute Gasteiger partial charge is 0.455 e. The number of hydrogen-bond acceptors (Lipinski definition) is 3. The Balaban J connectivity index is 2.15. The highest BCUT2D eigenvalue weighted by Crippen LogP contribution is 2.28. The van der Waals surface area contributed by atoms with Crippen LogP contribution in [-0.4, -0.2) is 11.7 Å². The van der Waals surface area contributed by atoms with Crippen molar-refractivity contribution in [3.63, 3.8) is 0 Å². The molecule has 0 atom stereocenters. The average molecular weight is 247 g/mol. The van der Waals surface area contributed by atoms with Gasteiger partial charge in [-0.3, -0.25) is 0 Å². The SMILES string of the molecule is Nc1ccc(F)cc1Oc1ccc(CCO)cc1. The Kier molecular flexibility index (Phi) is 3.79. The number of ether oxygens (including phenoxy) is 1. The van der Waals surface area contributed by atoms with Gasteiger partial charge in [-0.2, -0.15) is 0 Å². The van der Waals surface area contributed by atoms with E-state index in [4.69, 9.17) is 15.6 Å². The second-order valence-corrected chi connectivity index (χ2v) is 3.90. The maximum absolute atomic E-state index is 13.1. The Morgan fingerprint density at radius 2 is 1.83 bits per heavy atom. The van der Waals surface area contributed by atoms with Crippen LogP contribution in [0.4, 0.5) is 10.1 Å². The molecule has 18 heavy (non-hydrogen) atoms. The second kappa shape index (κ2) is 5.51. The third kappa shape index (κ3) is 2.99. The summed E-state index contributed by atoms with van der Waals surface area (Å²) in [4.78, 5) is 0. The predicted octanol–water partition coefficient (Wildman–Crippen LogP) is 2.74. The maximum Gasteiger partial charge on any atom is 0.153 e. The first-order chi connectivity index (χ1) is 8.69. The summed E-state index contributed by atoms with van der Waals surface area (Å²) < 4.78 is 18.5. The van der Waals surface area contributed by atoms with Crippen LogP contribution >= 0.6 is 0 Å². The van der Waals surface area contributed by atoms with Crippen LogP contribution in [0.1, 0.15) is 5.56 Å². The highest BCUT2D eigenvalue weighted by atomic mass is 19.1. The molecule has 0 radical (unpaired) electrons. The van der Waals surface area contributed by atoms with E-state index in [0.717, 1.165) is 5.56 Å². The molecule has 0 fully saturated rings. The standard InChI is InChI=1S/C14H14FNO2/c15-11-3-6-13(16)14(9-11)18-12-4-1-10(2-5-12)7-8-17/h1-6,9,17H,7-8,16H2. The Bertz CT molecular complexity index is 526. The lowest BCUT2D eigenvalue weighted by molar-refractivity contribution is 0.299. The molecule has 2 rings (SSSR count). The van der Waals surface area contributed by atoms with Crippen molar-refractivity contribution in [1.29, 1.82) is 0 Å². The fraction of sp³-hybridized carbons (Fsp3) is 0.143. The van der Waals surface area contributed by atoms with Gasteiger partial charge in [0.15, 0.2) is 5.75 Å². The lowest BCUT2D eigenvalue weighted by atomic mass is 10.1. The summed E-state index contributed by atoms with van der Waals surface area (Å²) in [6.45, 7) is 0.108. The summed E-state index contributed by atoms with van der Waals surface area (Å²) >= 11 is 0. The van der Waals surface area contributed by atoms with E-state index in [1.54, 1.807) is 12.1 Å². The topological polar surface area (TPSA) is 55.5 Å². The van der Waals surface area contributed by atoms with Crippen LogP contribution < -0.4 is 10.5 Å². The van der Waals surface area contributed by atoms with Crippen molar-refractivity contribution < 1.29 is 14.2 Å². The van der Waals surface area contributed by atoms with Gasteiger partial charge in [0.25, 0.3) is 0 Å². The van der Waals surface area contributed by atoms with E-state index in [-0.39, 0.29) is 6.61 Å². The zero-order valence-electron chi connectivity index (χ0n) is 9.77. The van der Waals surface area contributed by atoms with Crippen LogP contribution in [0, 0.1) is 5.82 Å². The van der Waals surface area contributed by atoms with Crippen molar-refractivity contribution in [2.45, 2.75) is 6.42 Å². The minimum atomic E-state index is -0.392. The van der Waals surface area contributed by atoms with Crippen molar-refractivity contribution in [1.82, 2.24) is 0 Å². The van der Waals surface area contributed by atoms with E-state index >= 15 is 0 Å². The van der Waals surface area contributed by atoms with Crippen LogP contribution in [0.15, 0.2) is 42.5 Å². The van der Waals surface area contributed by atoms with Crippen molar-refractivity contribution in [2.24, 2.45) is 0 Å². The molecule has 0 bridgehead atoms. The first kappa shape index (κ1) is 12.4. The summed E-state index contributed by atoms with van der Waals surface area (Å²) in [5.41, 5.74) is 7.09. The lowest BCUT2D eigenvalue weighted by Gasteiger charge is -2.09. The number of nitrogen functional groups attached to an aromatic ring is 1. The number of rotatable bonds is 4. The molecular formula is C14H14FNO2. The van der Waals surface area contributed by atoms with E-state index in [1.165, 1.54) is 18.2 Å². The maximum atomic E-state index is 13.1. The Hall–Kier alpha value is -2.07. The molecule has 0 aliphatic heterocycles. The molecule has 2 aromatic rings. The van der Waals surface area contributed by atoms with E-state index in [2.05, 4.69) is 0 Å². The smallest absolute Gasteiger partial charge is 0.153 e. The molecule has 0 aliphatic carbocycles. The van der Waals surface area contributed by atoms with Crippen LogP contribution in [0.5, 0.6) is 11.5 Å². The quantitative estimate of drug-likeness (QED) is 0.817. The lowest BCUT2D eigenvalue weighted by Crippen LogP contribution is -1.94. The van der Waals surface area contributed by atoms with E-state index < -0.39 is 5.82 Å². The van der Waals surface area contributed by atoms with Crippen molar-refractivity contribution >= 4 is 5.69 Å². The molecule has 0 heterocycles. The highest BCUT2D eigenvalue weighted by molar-refractivity contribution is 5.53. The minimum Gasteiger partial charge on any atom is -0.455 e. The van der Waals surface area contributed by atoms with Gasteiger partial charge in [0.05, 0.1) is 5.69 Å². The van der Waals surface area contributed by atoms with Gasteiger partial charge in [0, 0.05) is 12.7 Å². The van der Waals surface area contributed by atoms with Gasteiger partial charge in [-0.25, -0.2) is 4.39 Å². The minimum absolute atomic E-state index is 0.108. The molecule has 4 heteroatoms. The van der Waals surface area contributed by atoms with Crippen molar-refractivity contribution in [2.75, 3.05) is 12.3 Å². The van der Waals surface area contributed by atoms with E-state index in [0.29, 0.717) is 23.6 Å². The van der Waals surface area contributed by atoms with E-state index in [9.17, 15) is 4.39 Å². The fourth-order valence-corrected chi connectivity index (χ4v) is 1.58. The summed E-state index contributed by atoms with van der Waals surface area (Å²) in [7, 11) is 0. The molecule has 0 unspecified atom stereocenters. The fourth-order valence-electron chi connectivity index (χ4n) is 1.58. The second-order valence-electron chi connectivity index (χ2n) is 3.90. The molecule has 94 valence electrons. The number of nitrogens with two attached hydrogens (primary N) is 1. The molecule has 3 nitrogen and oxygen atoms in total. The summed E-state index contributed by atoms with van der Waals surface area (Å²) in [6, 6.07) is 11.2. The number of anilines is 1. The van der Waals surface area contributed by atoms with Gasteiger partial charge < -0.3 is 15.6 Å². The molecule has 0 aliphatic rings. The first-order valence-electron chi connectivity index (χ1n) is 5.62. The normalized spacial score (nSPS) is 10.3. The van der Waals surface area contributed by atoms with Crippen LogP contribution in [0.25, 0.3) is 0 Å². The number of hydrogen-bond donors (Lipinski definition) is 2. The number of benzene rings is 2. The third-order valence-electron chi connectivity index (χ3n) is 2.53. The van der Waals surface area contributed by atoms with Crippen LogP contribution in [0.2, 0.25) is 0 Å². The first-order valence-corrected chi connectivity index (χ1v) is 5.62. The zero-order valence-corrected chi connectivity index (χ0v) is 9.77. The molecule has 3 N–H and O–H groups in total. The average Bonchev–Trinajstić information content (AvgIpc) is 2.37. The third-order valence-corrected chi connectivity index (χ3v) is 2.53. The molecule has 0 amide bonds. The zero-order chi connectivity index (χ0) is 13.0. The van der Waals surface area contributed by atoms with Gasteiger partial charge in [-0.15, -0.1) is 0 Å². The Labute approximate surface area is 105 Å². The van der Waals surface area contributed by atoms with Crippen LogP contribution in [0.3, 0.4) is 0 Å². The van der Waals surface area contributed by atoms with Gasteiger partial charge in [-0.1, -0.05) is 12.1 Å². The number of halogens is 1. The van der Waals surface area contributed by atoms with Crippen LogP contribution in [-0.2, 0) is 6.42 Å². The van der Waals surface area contributed by atoms with Gasteiger partial charge in [0.1, 0.15) is 11.6 Å². The summed E-state index contributed by atoms with van der Waals surface area (Å²) in [5.74, 6) is 0.481. The highest BCUT2D eigenvalue weighted by Gasteiger charge is 2.04. The van der Waals surface area contributed by atoms with Gasteiger partial charge >= 0.3 is 0 Å². The van der Waals surface area contributed by atoms with Gasteiger partial charge in [0.2, 0.25) is 0 Å². The predicted molar refractivity (Wildman–Crippen MR) is 68.1 cm³/mol. The van der Waals surface area contributed by atoms with Crippen molar-refractivity contribution in [3.8, 4) is 11.5 Å². The summed E-state index contributed by atoms with van der Waals surface area (Å²) in [6.07, 6.45) is 0.600. The molecule has 2 aromatic carbocycles. The number of aliphatic hydroxyl groups is 1. The molecule has 0 saturated carbocycles. The number of aliphatic hydroxyl groups excluding tert-OH is 1. The molecule has 0 aromatic heterocycles. The molecular weight excluding hydrogens is 233 g/mol. The van der Waals surface area contributed by atoms with E-state index in [1.807, 2.05) is 12.1 Å². The Morgan fingerprint density at radius 3 is 2.50 bits per heavy atom. The van der Waals surface area contributed by atoms with Gasteiger partial charge in [-0.05, 0) is 36.2 Å². The molecule has 0 saturated heterocycles. The monoisotopic (exact) mass is 247 g/mol.